The molecule has 0 spiro atoms. The lowest BCUT2D eigenvalue weighted by atomic mass is 10.0. The van der Waals surface area contributed by atoms with Crippen molar-refractivity contribution in [1.29, 1.82) is 0 Å². The molecule has 2 heterocycles. The van der Waals surface area contributed by atoms with Crippen molar-refractivity contribution in [2.45, 2.75) is 19.1 Å². The van der Waals surface area contributed by atoms with Gasteiger partial charge in [0.05, 0.1) is 12.4 Å². The number of amides is 1. The minimum Gasteiger partial charge on any atom is -0.464 e. The first-order chi connectivity index (χ1) is 10.5. The number of benzene rings is 1. The average Bonchev–Trinajstić information content (AvgIpc) is 3.00. The highest BCUT2D eigenvalue weighted by Crippen LogP contribution is 2.22. The predicted molar refractivity (Wildman–Crippen MR) is 79.6 cm³/mol. The summed E-state index contributed by atoms with van der Waals surface area (Å²) in [5, 5.41) is 13.3. The second-order valence-electron chi connectivity index (χ2n) is 5.93. The van der Waals surface area contributed by atoms with Crippen LogP contribution in [0.25, 0.3) is 11.0 Å². The molecule has 1 aliphatic heterocycles. The lowest BCUT2D eigenvalue weighted by molar-refractivity contribution is -0.122. The minimum atomic E-state index is -0.459. The van der Waals surface area contributed by atoms with Gasteiger partial charge in [-0.1, -0.05) is 0 Å². The van der Waals surface area contributed by atoms with E-state index in [1.807, 2.05) is 11.9 Å². The Bertz CT molecular complexity index is 685. The molecule has 6 heteroatoms. The smallest absolute Gasteiger partial charge is 0.220 e. The van der Waals surface area contributed by atoms with Crippen LogP contribution in [0.4, 0.5) is 4.39 Å². The molecular formula is C16H19FN2O3. The Morgan fingerprint density at radius 2 is 2.32 bits per heavy atom. The van der Waals surface area contributed by atoms with Crippen LogP contribution in [-0.2, 0) is 11.3 Å². The molecule has 0 aliphatic carbocycles. The highest BCUT2D eigenvalue weighted by molar-refractivity contribution is 5.82. The monoisotopic (exact) mass is 306 g/mol. The maximum Gasteiger partial charge on any atom is 0.220 e. The van der Waals surface area contributed by atoms with Gasteiger partial charge >= 0.3 is 0 Å². The van der Waals surface area contributed by atoms with Crippen LogP contribution in [0.2, 0.25) is 0 Å². The largest absolute Gasteiger partial charge is 0.464 e. The number of nitrogens with one attached hydrogen (secondary N) is 1. The quantitative estimate of drug-likeness (QED) is 0.898. The van der Waals surface area contributed by atoms with Gasteiger partial charge in [0, 0.05) is 42.9 Å². The van der Waals surface area contributed by atoms with Gasteiger partial charge in [0.15, 0.2) is 0 Å². The van der Waals surface area contributed by atoms with Gasteiger partial charge in [-0.15, -0.1) is 0 Å². The third-order valence-electron chi connectivity index (χ3n) is 4.13. The van der Waals surface area contributed by atoms with Gasteiger partial charge in [0.1, 0.15) is 11.4 Å². The number of nitrogens with zero attached hydrogens (tertiary/aromatic N) is 1. The molecule has 1 aliphatic rings. The molecule has 3 rings (SSSR count). The van der Waals surface area contributed by atoms with Gasteiger partial charge in [-0.3, -0.25) is 4.79 Å². The number of likely N-dealkylation sites (tertiary alicyclic amines) is 1. The van der Waals surface area contributed by atoms with Crippen molar-refractivity contribution in [2.24, 2.45) is 5.92 Å². The Balaban J connectivity index is 1.59. The van der Waals surface area contributed by atoms with Crippen LogP contribution >= 0.6 is 0 Å². The summed E-state index contributed by atoms with van der Waals surface area (Å²) in [6.07, 6.45) is 1.36. The maximum atomic E-state index is 13.3. The number of rotatable bonds is 4. The van der Waals surface area contributed by atoms with Crippen LogP contribution in [0.3, 0.4) is 0 Å². The molecule has 0 unspecified atom stereocenters. The first-order valence-corrected chi connectivity index (χ1v) is 7.32. The summed E-state index contributed by atoms with van der Waals surface area (Å²) in [5.74, 6) is -0.493. The number of hydrogen-bond donors (Lipinski definition) is 2. The van der Waals surface area contributed by atoms with Crippen molar-refractivity contribution in [3.63, 3.8) is 0 Å². The van der Waals surface area contributed by atoms with Crippen LogP contribution in [-0.4, -0.2) is 42.2 Å². The lowest BCUT2D eigenvalue weighted by Gasteiger charge is -2.12. The summed E-state index contributed by atoms with van der Waals surface area (Å²) in [4.78, 5) is 14.0. The Hall–Kier alpha value is -1.92. The van der Waals surface area contributed by atoms with Crippen molar-refractivity contribution >= 4 is 16.9 Å². The molecule has 0 saturated carbocycles. The molecule has 2 atom stereocenters. The molecule has 22 heavy (non-hydrogen) atoms. The third-order valence-corrected chi connectivity index (χ3v) is 4.13. The number of furan rings is 1. The molecule has 118 valence electrons. The van der Waals surface area contributed by atoms with E-state index in [2.05, 4.69) is 5.32 Å². The molecule has 0 bridgehead atoms. The van der Waals surface area contributed by atoms with Gasteiger partial charge in [-0.25, -0.2) is 4.39 Å². The van der Waals surface area contributed by atoms with Crippen molar-refractivity contribution in [3.05, 3.63) is 35.8 Å². The topological polar surface area (TPSA) is 65.7 Å². The third kappa shape index (κ3) is 3.13. The van der Waals surface area contributed by atoms with Crippen molar-refractivity contribution < 1.29 is 18.7 Å². The van der Waals surface area contributed by atoms with E-state index in [1.165, 1.54) is 18.4 Å². The molecule has 1 aromatic carbocycles. The second-order valence-corrected chi connectivity index (χ2v) is 5.93. The molecule has 1 amide bonds. The Morgan fingerprint density at radius 3 is 3.05 bits per heavy atom. The fourth-order valence-corrected chi connectivity index (χ4v) is 2.96. The number of halogens is 1. The van der Waals surface area contributed by atoms with E-state index in [9.17, 15) is 14.3 Å². The Kier molecular flexibility index (Phi) is 4.13. The summed E-state index contributed by atoms with van der Waals surface area (Å²) in [5.41, 5.74) is 1.34. The van der Waals surface area contributed by atoms with Crippen molar-refractivity contribution in [3.8, 4) is 0 Å². The van der Waals surface area contributed by atoms with E-state index in [0.29, 0.717) is 24.1 Å². The summed E-state index contributed by atoms with van der Waals surface area (Å²) < 4.78 is 18.6. The summed E-state index contributed by atoms with van der Waals surface area (Å²) >= 11 is 0. The predicted octanol–water partition coefficient (Wildman–Crippen LogP) is 1.50. The van der Waals surface area contributed by atoms with Crippen LogP contribution in [0.5, 0.6) is 0 Å². The summed E-state index contributed by atoms with van der Waals surface area (Å²) in [6.45, 7) is 1.60. The van der Waals surface area contributed by atoms with E-state index < -0.39 is 6.10 Å². The van der Waals surface area contributed by atoms with Crippen LogP contribution < -0.4 is 5.32 Å². The zero-order valence-corrected chi connectivity index (χ0v) is 12.4. The van der Waals surface area contributed by atoms with E-state index in [4.69, 9.17) is 4.42 Å². The maximum absolute atomic E-state index is 13.3. The number of hydrogen-bond acceptors (Lipinski definition) is 4. The second kappa shape index (κ2) is 6.06. The molecule has 2 N–H and O–H groups in total. The van der Waals surface area contributed by atoms with Crippen LogP contribution in [0, 0.1) is 11.7 Å². The zero-order chi connectivity index (χ0) is 15.7. The summed E-state index contributed by atoms with van der Waals surface area (Å²) in [7, 11) is 1.92. The van der Waals surface area contributed by atoms with Gasteiger partial charge in [-0.2, -0.15) is 0 Å². The van der Waals surface area contributed by atoms with Crippen LogP contribution in [0.1, 0.15) is 12.0 Å². The fraction of sp³-hybridized carbons (Fsp3) is 0.438. The number of aliphatic hydroxyl groups excluding tert-OH is 1. The molecule has 1 aromatic heterocycles. The SMILES string of the molecule is CN1C[C@@H](CC(=O)NCc2coc3ccc(F)cc23)[C@H](O)C1. The van der Waals surface area contributed by atoms with E-state index in [0.717, 1.165) is 5.56 Å². The molecular weight excluding hydrogens is 287 g/mol. The van der Waals surface area contributed by atoms with E-state index in [-0.39, 0.29) is 30.6 Å². The normalized spacial score (nSPS) is 22.3. The average molecular weight is 306 g/mol. The number of fused-ring (bicyclic) bond motifs is 1. The number of carbonyl (C=O) groups excluding carboxylic acids is 1. The highest BCUT2D eigenvalue weighted by atomic mass is 19.1. The zero-order valence-electron chi connectivity index (χ0n) is 12.4. The van der Waals surface area contributed by atoms with Gasteiger partial charge in [0.2, 0.25) is 5.91 Å². The fourth-order valence-electron chi connectivity index (χ4n) is 2.96. The molecule has 0 radical (unpaired) electrons. The van der Waals surface area contributed by atoms with E-state index in [1.54, 1.807) is 6.07 Å². The molecule has 2 aromatic rings. The minimum absolute atomic E-state index is 0.0384. The number of likely N-dealkylation sites (N-methyl/N-ethyl adjacent to an activating group) is 1. The van der Waals surface area contributed by atoms with Crippen molar-refractivity contribution in [2.75, 3.05) is 20.1 Å². The number of carbonyl (C=O) groups is 1. The van der Waals surface area contributed by atoms with Gasteiger partial charge in [-0.05, 0) is 25.2 Å². The van der Waals surface area contributed by atoms with E-state index >= 15 is 0 Å². The highest BCUT2D eigenvalue weighted by Gasteiger charge is 2.30. The van der Waals surface area contributed by atoms with Crippen LogP contribution in [0.15, 0.2) is 28.9 Å². The standard InChI is InChI=1S/C16H19FN2O3/c1-19-7-10(14(20)8-19)4-16(21)18-6-11-9-22-15-3-2-12(17)5-13(11)15/h2-3,5,9-10,14,20H,4,6-8H2,1H3,(H,18,21)/t10-,14-/m1/s1. The Labute approximate surface area is 127 Å². The number of β-amino-alcohol motifs (C(OH)–C–C–N with tert-alkyl or cyclic N) is 1. The van der Waals surface area contributed by atoms with Gasteiger partial charge in [0.25, 0.3) is 0 Å². The lowest BCUT2D eigenvalue weighted by Crippen LogP contribution is -2.29. The first-order valence-electron chi connectivity index (χ1n) is 7.32. The first kappa shape index (κ1) is 15.0. The molecule has 1 saturated heterocycles. The summed E-state index contributed by atoms with van der Waals surface area (Å²) in [6, 6.07) is 4.31. The van der Waals surface area contributed by atoms with Gasteiger partial charge < -0.3 is 19.7 Å². The molecule has 1 fully saturated rings. The molecule has 5 nitrogen and oxygen atoms in total. The Morgan fingerprint density at radius 1 is 1.50 bits per heavy atom. The number of aliphatic hydroxyl groups is 1. The van der Waals surface area contributed by atoms with Crippen molar-refractivity contribution in [1.82, 2.24) is 10.2 Å².